The molecule has 0 spiro atoms. The zero-order valence-corrected chi connectivity index (χ0v) is 6.06. The van der Waals surface area contributed by atoms with E-state index in [1.54, 1.807) is 0 Å². The topological polar surface area (TPSA) is 49.3 Å². The van der Waals surface area contributed by atoms with Gasteiger partial charge in [0.25, 0.3) is 0 Å². The number of aliphatic carboxylic acids is 1. The Hall–Kier alpha value is -0.780. The number of carboxylic acids is 1. The van der Waals surface area contributed by atoms with E-state index in [2.05, 4.69) is 0 Å². The van der Waals surface area contributed by atoms with Crippen molar-refractivity contribution in [2.75, 3.05) is 0 Å². The molecule has 6 heteroatoms. The summed E-state index contributed by atoms with van der Waals surface area (Å²) in [7, 11) is 0. The fourth-order valence-corrected chi connectivity index (χ4v) is 1.20. The third-order valence-corrected chi connectivity index (χ3v) is 1.84. The zero-order valence-electron chi connectivity index (χ0n) is 6.06. The van der Waals surface area contributed by atoms with Gasteiger partial charge in [-0.2, -0.15) is 13.2 Å². The molecule has 2 unspecified atom stereocenters. The van der Waals surface area contributed by atoms with Crippen molar-refractivity contribution in [1.82, 2.24) is 5.32 Å². The predicted octanol–water partition coefficient (Wildman–Crippen LogP) is 0.754. The van der Waals surface area contributed by atoms with Gasteiger partial charge >= 0.3 is 12.1 Å². The minimum Gasteiger partial charge on any atom is -0.480 e. The molecule has 1 saturated heterocycles. The Morgan fingerprint density at radius 1 is 1.42 bits per heavy atom. The van der Waals surface area contributed by atoms with Crippen LogP contribution in [0.5, 0.6) is 0 Å². The van der Waals surface area contributed by atoms with Gasteiger partial charge in [-0.1, -0.05) is 0 Å². The normalized spacial score (nSPS) is 30.6. The summed E-state index contributed by atoms with van der Waals surface area (Å²) >= 11 is 0. The van der Waals surface area contributed by atoms with E-state index in [0.29, 0.717) is 0 Å². The van der Waals surface area contributed by atoms with Crippen molar-refractivity contribution in [1.29, 1.82) is 0 Å². The number of nitrogens with one attached hydrogen (secondary N) is 1. The van der Waals surface area contributed by atoms with Crippen molar-refractivity contribution in [2.45, 2.75) is 31.1 Å². The molecule has 3 nitrogen and oxygen atoms in total. The summed E-state index contributed by atoms with van der Waals surface area (Å²) in [6, 6.07) is -2.70. The molecule has 2 atom stereocenters. The van der Waals surface area contributed by atoms with Crippen LogP contribution in [-0.2, 0) is 4.79 Å². The standard InChI is InChI=1S/C6H8F3NO2/c7-6(8,9)4-2-1-3(10-4)5(11)12/h3-4,10H,1-2H2,(H,11,12). The van der Waals surface area contributed by atoms with Crippen molar-refractivity contribution in [3.8, 4) is 0 Å². The number of alkyl halides is 3. The van der Waals surface area contributed by atoms with Crippen molar-refractivity contribution < 1.29 is 23.1 Å². The van der Waals surface area contributed by atoms with E-state index in [-0.39, 0.29) is 12.8 Å². The highest BCUT2D eigenvalue weighted by molar-refractivity contribution is 5.73. The van der Waals surface area contributed by atoms with Gasteiger partial charge in [-0.3, -0.25) is 10.1 Å². The van der Waals surface area contributed by atoms with E-state index < -0.39 is 24.2 Å². The van der Waals surface area contributed by atoms with Crippen LogP contribution >= 0.6 is 0 Å². The van der Waals surface area contributed by atoms with Crippen LogP contribution in [0, 0.1) is 0 Å². The Kier molecular flexibility index (Phi) is 2.27. The van der Waals surface area contributed by atoms with Gasteiger partial charge in [0.1, 0.15) is 12.1 Å². The molecule has 0 aliphatic carbocycles. The number of carbonyl (C=O) groups is 1. The van der Waals surface area contributed by atoms with Gasteiger partial charge < -0.3 is 5.11 Å². The Morgan fingerprint density at radius 2 is 2.00 bits per heavy atom. The minimum atomic E-state index is -4.33. The van der Waals surface area contributed by atoms with Crippen LogP contribution < -0.4 is 5.32 Å². The number of rotatable bonds is 1. The SMILES string of the molecule is O=C(O)C1CCC(C(F)(F)F)N1. The number of carboxylic acid groups (broad SMARTS) is 1. The minimum absolute atomic E-state index is 0.0412. The highest BCUT2D eigenvalue weighted by atomic mass is 19.4. The van der Waals surface area contributed by atoms with Crippen LogP contribution in [0.3, 0.4) is 0 Å². The predicted molar refractivity (Wildman–Crippen MR) is 33.6 cm³/mol. The molecule has 70 valence electrons. The molecular formula is C6H8F3NO2. The number of halogens is 3. The summed E-state index contributed by atoms with van der Waals surface area (Å²) in [4.78, 5) is 10.2. The third kappa shape index (κ3) is 1.88. The fraction of sp³-hybridized carbons (Fsp3) is 0.833. The lowest BCUT2D eigenvalue weighted by molar-refractivity contribution is -0.154. The van der Waals surface area contributed by atoms with Crippen molar-refractivity contribution >= 4 is 5.97 Å². The zero-order chi connectivity index (χ0) is 9.35. The molecule has 0 bridgehead atoms. The van der Waals surface area contributed by atoms with Gasteiger partial charge in [0.05, 0.1) is 0 Å². The maximum absolute atomic E-state index is 11.9. The van der Waals surface area contributed by atoms with Crippen molar-refractivity contribution in [3.05, 3.63) is 0 Å². The van der Waals surface area contributed by atoms with Gasteiger partial charge in [0, 0.05) is 0 Å². The van der Waals surface area contributed by atoms with Crippen LogP contribution in [-0.4, -0.2) is 29.3 Å². The van der Waals surface area contributed by atoms with E-state index >= 15 is 0 Å². The largest absolute Gasteiger partial charge is 0.480 e. The van der Waals surface area contributed by atoms with Crippen molar-refractivity contribution in [3.63, 3.8) is 0 Å². The first-order valence-corrected chi connectivity index (χ1v) is 3.47. The van der Waals surface area contributed by atoms with E-state index in [9.17, 15) is 18.0 Å². The van der Waals surface area contributed by atoms with Crippen LogP contribution in [0.15, 0.2) is 0 Å². The number of hydrogen-bond donors (Lipinski definition) is 2. The van der Waals surface area contributed by atoms with Crippen LogP contribution in [0.25, 0.3) is 0 Å². The first kappa shape index (κ1) is 9.31. The fourth-order valence-electron chi connectivity index (χ4n) is 1.20. The first-order chi connectivity index (χ1) is 5.41. The van der Waals surface area contributed by atoms with Gasteiger partial charge in [-0.05, 0) is 12.8 Å². The van der Waals surface area contributed by atoms with Crippen molar-refractivity contribution in [2.24, 2.45) is 0 Å². The molecular weight excluding hydrogens is 175 g/mol. The molecule has 1 heterocycles. The molecule has 1 aliphatic rings. The summed E-state index contributed by atoms with van der Waals surface area (Å²) in [5.41, 5.74) is 0. The average Bonchev–Trinajstić information content (AvgIpc) is 2.30. The lowest BCUT2D eigenvalue weighted by Gasteiger charge is -2.14. The molecule has 0 aromatic carbocycles. The molecule has 0 radical (unpaired) electrons. The van der Waals surface area contributed by atoms with Crippen LogP contribution in [0.1, 0.15) is 12.8 Å². The quantitative estimate of drug-likeness (QED) is 0.630. The van der Waals surface area contributed by atoms with E-state index in [1.165, 1.54) is 0 Å². The molecule has 2 N–H and O–H groups in total. The molecule has 12 heavy (non-hydrogen) atoms. The summed E-state index contributed by atoms with van der Waals surface area (Å²) in [6.45, 7) is 0. The van der Waals surface area contributed by atoms with Gasteiger partial charge in [-0.15, -0.1) is 0 Å². The lowest BCUT2D eigenvalue weighted by atomic mass is 10.2. The lowest BCUT2D eigenvalue weighted by Crippen LogP contribution is -2.43. The first-order valence-electron chi connectivity index (χ1n) is 3.47. The second-order valence-electron chi connectivity index (χ2n) is 2.73. The molecule has 0 aromatic heterocycles. The summed E-state index contributed by atoms with van der Waals surface area (Å²) in [5, 5.41) is 10.4. The molecule has 1 rings (SSSR count). The van der Waals surface area contributed by atoms with Gasteiger partial charge in [-0.25, -0.2) is 0 Å². The van der Waals surface area contributed by atoms with E-state index in [0.717, 1.165) is 0 Å². The highest BCUT2D eigenvalue weighted by Gasteiger charge is 2.45. The number of hydrogen-bond acceptors (Lipinski definition) is 2. The Bertz CT molecular complexity index is 192. The molecule has 1 aliphatic heterocycles. The molecule has 0 amide bonds. The average molecular weight is 183 g/mol. The second-order valence-corrected chi connectivity index (χ2v) is 2.73. The Morgan fingerprint density at radius 3 is 2.25 bits per heavy atom. The van der Waals surface area contributed by atoms with Gasteiger partial charge in [0.15, 0.2) is 0 Å². The molecule has 0 saturated carbocycles. The second kappa shape index (κ2) is 2.93. The maximum Gasteiger partial charge on any atom is 0.403 e. The Balaban J connectivity index is 2.51. The monoisotopic (exact) mass is 183 g/mol. The summed E-state index contributed by atoms with van der Waals surface area (Å²) in [5.74, 6) is -1.22. The molecule has 0 aromatic rings. The van der Waals surface area contributed by atoms with Crippen LogP contribution in [0.4, 0.5) is 13.2 Å². The Labute approximate surface area is 66.6 Å². The van der Waals surface area contributed by atoms with E-state index in [1.807, 2.05) is 5.32 Å². The van der Waals surface area contributed by atoms with Crippen LogP contribution in [0.2, 0.25) is 0 Å². The smallest absolute Gasteiger partial charge is 0.403 e. The summed E-state index contributed by atoms with van der Waals surface area (Å²) < 4.78 is 35.8. The van der Waals surface area contributed by atoms with Gasteiger partial charge in [0.2, 0.25) is 0 Å². The van der Waals surface area contributed by atoms with E-state index in [4.69, 9.17) is 5.11 Å². The molecule has 1 fully saturated rings. The highest BCUT2D eigenvalue weighted by Crippen LogP contribution is 2.28. The maximum atomic E-state index is 11.9. The summed E-state index contributed by atoms with van der Waals surface area (Å²) in [6.07, 6.45) is -4.44. The third-order valence-electron chi connectivity index (χ3n) is 1.84.